The minimum Gasteiger partial charge on any atom is -0.480 e. The van der Waals surface area contributed by atoms with Crippen molar-refractivity contribution in [2.75, 3.05) is 19.7 Å². The van der Waals surface area contributed by atoms with Crippen molar-refractivity contribution in [3.63, 3.8) is 0 Å². The summed E-state index contributed by atoms with van der Waals surface area (Å²) in [5.41, 5.74) is 0. The maximum absolute atomic E-state index is 10.9. The molecule has 0 aromatic carbocycles. The second-order valence-electron chi connectivity index (χ2n) is 2.92. The molecule has 0 saturated carbocycles. The fourth-order valence-electron chi connectivity index (χ4n) is 0.861. The van der Waals surface area contributed by atoms with Gasteiger partial charge in [-0.3, -0.25) is 14.9 Å². The second-order valence-corrected chi connectivity index (χ2v) is 2.92. The summed E-state index contributed by atoms with van der Waals surface area (Å²) in [6.45, 7) is 2.22. The first-order valence-corrected chi connectivity index (χ1v) is 4.75. The largest absolute Gasteiger partial charge is 0.480 e. The van der Waals surface area contributed by atoms with Gasteiger partial charge in [0.1, 0.15) is 0 Å². The van der Waals surface area contributed by atoms with Gasteiger partial charge in [0, 0.05) is 0 Å². The van der Waals surface area contributed by atoms with E-state index in [1.165, 1.54) is 0 Å². The zero-order chi connectivity index (χ0) is 10.8. The minimum absolute atomic E-state index is 0.0432. The number of ether oxygens (including phenoxy) is 1. The summed E-state index contributed by atoms with van der Waals surface area (Å²) < 4.78 is 4.83. The van der Waals surface area contributed by atoms with Crippen molar-refractivity contribution in [2.24, 2.45) is 0 Å². The van der Waals surface area contributed by atoms with Crippen LogP contribution in [0.3, 0.4) is 0 Å². The lowest BCUT2D eigenvalue weighted by Gasteiger charge is -2.04. The van der Waals surface area contributed by atoms with Crippen LogP contribution < -0.4 is 5.32 Å². The van der Waals surface area contributed by atoms with Gasteiger partial charge in [0.25, 0.3) is 0 Å². The first-order chi connectivity index (χ1) is 6.66. The predicted molar refractivity (Wildman–Crippen MR) is 51.0 cm³/mol. The Hall–Kier alpha value is -1.10. The first kappa shape index (κ1) is 12.9. The van der Waals surface area contributed by atoms with Crippen LogP contribution in [-0.4, -0.2) is 36.7 Å². The molecule has 0 rings (SSSR count). The first-order valence-electron chi connectivity index (χ1n) is 4.75. The van der Waals surface area contributed by atoms with Crippen molar-refractivity contribution < 1.29 is 19.4 Å². The van der Waals surface area contributed by atoms with Gasteiger partial charge in [-0.2, -0.15) is 0 Å². The van der Waals surface area contributed by atoms with Gasteiger partial charge in [-0.15, -0.1) is 0 Å². The Morgan fingerprint density at radius 1 is 1.29 bits per heavy atom. The molecular weight excluding hydrogens is 186 g/mol. The topological polar surface area (TPSA) is 75.6 Å². The number of rotatable bonds is 8. The Morgan fingerprint density at radius 3 is 2.57 bits per heavy atom. The van der Waals surface area contributed by atoms with Crippen LogP contribution in [0, 0.1) is 0 Å². The molecule has 0 aromatic heterocycles. The number of carbonyl (C=O) groups excluding carboxylic acids is 1. The van der Waals surface area contributed by atoms with Gasteiger partial charge in [0.15, 0.2) is 0 Å². The molecule has 0 aliphatic carbocycles. The van der Waals surface area contributed by atoms with Crippen molar-refractivity contribution in [1.82, 2.24) is 5.32 Å². The molecule has 0 aliphatic heterocycles. The van der Waals surface area contributed by atoms with E-state index < -0.39 is 11.9 Å². The molecule has 0 atom stereocenters. The van der Waals surface area contributed by atoms with Crippen LogP contribution in [0.5, 0.6) is 0 Å². The van der Waals surface area contributed by atoms with E-state index in [0.717, 1.165) is 19.3 Å². The van der Waals surface area contributed by atoms with E-state index in [9.17, 15) is 9.59 Å². The van der Waals surface area contributed by atoms with E-state index in [2.05, 4.69) is 12.2 Å². The molecule has 0 radical (unpaired) electrons. The summed E-state index contributed by atoms with van der Waals surface area (Å²) in [6, 6.07) is 0. The zero-order valence-corrected chi connectivity index (χ0v) is 8.41. The fraction of sp³-hybridized carbons (Fsp3) is 0.778. The van der Waals surface area contributed by atoms with Crippen LogP contribution in [-0.2, 0) is 14.3 Å². The molecule has 5 heteroatoms. The molecule has 2 N–H and O–H groups in total. The maximum atomic E-state index is 10.9. The molecule has 0 bridgehead atoms. The Kier molecular flexibility index (Phi) is 7.83. The number of aliphatic carboxylic acids is 1. The average molecular weight is 203 g/mol. The molecule has 0 fully saturated rings. The van der Waals surface area contributed by atoms with Crippen LogP contribution >= 0.6 is 0 Å². The molecule has 0 unspecified atom stereocenters. The Balaban J connectivity index is 3.24. The summed E-state index contributed by atoms with van der Waals surface area (Å²) in [5.74, 6) is -1.38. The Bertz CT molecular complexity index is 182. The van der Waals surface area contributed by atoms with Crippen LogP contribution in [0.25, 0.3) is 0 Å². The van der Waals surface area contributed by atoms with Gasteiger partial charge in [-0.25, -0.2) is 0 Å². The highest BCUT2D eigenvalue weighted by atomic mass is 16.5. The highest BCUT2D eigenvalue weighted by Gasteiger charge is 2.02. The summed E-state index contributed by atoms with van der Waals surface area (Å²) in [6.07, 6.45) is 2.98. The highest BCUT2D eigenvalue weighted by Crippen LogP contribution is 1.93. The van der Waals surface area contributed by atoms with Crippen molar-refractivity contribution in [3.8, 4) is 0 Å². The number of unbranched alkanes of at least 4 members (excludes halogenated alkanes) is 2. The standard InChI is InChI=1S/C9H17NO4/c1-2-3-4-5-14-9(13)7-10-6-8(11)12/h10H,2-7H2,1H3,(H,11,12). The van der Waals surface area contributed by atoms with Crippen molar-refractivity contribution in [3.05, 3.63) is 0 Å². The Labute approximate surface area is 83.4 Å². The lowest BCUT2D eigenvalue weighted by molar-refractivity contribution is -0.142. The number of carboxylic acid groups (broad SMARTS) is 1. The summed E-state index contributed by atoms with van der Waals surface area (Å²) in [7, 11) is 0. The number of esters is 1. The molecule has 5 nitrogen and oxygen atoms in total. The third-order valence-corrected chi connectivity index (χ3v) is 1.56. The van der Waals surface area contributed by atoms with Gasteiger partial charge >= 0.3 is 11.9 Å². The van der Waals surface area contributed by atoms with E-state index in [0.29, 0.717) is 6.61 Å². The Morgan fingerprint density at radius 2 is 2.00 bits per heavy atom. The summed E-state index contributed by atoms with van der Waals surface area (Å²) in [4.78, 5) is 21.0. The lowest BCUT2D eigenvalue weighted by atomic mass is 10.3. The van der Waals surface area contributed by atoms with Crippen LogP contribution in [0.2, 0.25) is 0 Å². The smallest absolute Gasteiger partial charge is 0.319 e. The number of carbonyl (C=O) groups is 2. The summed E-state index contributed by atoms with van der Waals surface area (Å²) >= 11 is 0. The van der Waals surface area contributed by atoms with Crippen molar-refractivity contribution in [2.45, 2.75) is 26.2 Å². The average Bonchev–Trinajstić information content (AvgIpc) is 2.12. The van der Waals surface area contributed by atoms with Crippen LogP contribution in [0.15, 0.2) is 0 Å². The van der Waals surface area contributed by atoms with E-state index >= 15 is 0 Å². The molecular formula is C9H17NO4. The number of carboxylic acids is 1. The third-order valence-electron chi connectivity index (χ3n) is 1.56. The molecule has 0 aliphatic rings. The molecule has 0 spiro atoms. The molecule has 0 heterocycles. The van der Waals surface area contributed by atoms with Gasteiger partial charge in [-0.05, 0) is 6.42 Å². The molecule has 82 valence electrons. The quantitative estimate of drug-likeness (QED) is 0.441. The molecule has 0 aromatic rings. The van der Waals surface area contributed by atoms with Crippen molar-refractivity contribution >= 4 is 11.9 Å². The summed E-state index contributed by atoms with van der Waals surface area (Å²) in [5, 5.41) is 10.7. The van der Waals surface area contributed by atoms with Gasteiger partial charge < -0.3 is 9.84 Å². The van der Waals surface area contributed by atoms with E-state index in [4.69, 9.17) is 9.84 Å². The monoisotopic (exact) mass is 203 g/mol. The maximum Gasteiger partial charge on any atom is 0.319 e. The van der Waals surface area contributed by atoms with Crippen LogP contribution in [0.4, 0.5) is 0 Å². The van der Waals surface area contributed by atoms with Crippen LogP contribution in [0.1, 0.15) is 26.2 Å². The second kappa shape index (κ2) is 8.50. The van der Waals surface area contributed by atoms with Gasteiger partial charge in [0.2, 0.25) is 0 Å². The molecule has 14 heavy (non-hydrogen) atoms. The number of hydrogen-bond acceptors (Lipinski definition) is 4. The van der Waals surface area contributed by atoms with Gasteiger partial charge in [0.05, 0.1) is 19.7 Å². The van der Waals surface area contributed by atoms with Crippen molar-refractivity contribution in [1.29, 1.82) is 0 Å². The molecule has 0 saturated heterocycles. The zero-order valence-electron chi connectivity index (χ0n) is 8.41. The minimum atomic E-state index is -0.983. The highest BCUT2D eigenvalue weighted by molar-refractivity contribution is 5.73. The normalized spacial score (nSPS) is 9.79. The van der Waals surface area contributed by atoms with E-state index in [-0.39, 0.29) is 13.1 Å². The molecule has 0 amide bonds. The third kappa shape index (κ3) is 8.99. The van der Waals surface area contributed by atoms with Gasteiger partial charge in [-0.1, -0.05) is 19.8 Å². The number of hydrogen-bond donors (Lipinski definition) is 2. The lowest BCUT2D eigenvalue weighted by Crippen LogP contribution is -2.29. The SMILES string of the molecule is CCCCCOC(=O)CNCC(=O)O. The number of nitrogens with one attached hydrogen (secondary N) is 1. The van der Waals surface area contributed by atoms with E-state index in [1.807, 2.05) is 0 Å². The fourth-order valence-corrected chi connectivity index (χ4v) is 0.861. The van der Waals surface area contributed by atoms with E-state index in [1.54, 1.807) is 0 Å². The predicted octanol–water partition coefficient (Wildman–Crippen LogP) is 0.394.